The van der Waals surface area contributed by atoms with Gasteiger partial charge in [-0.15, -0.1) is 0 Å². The molecule has 0 radical (unpaired) electrons. The second-order valence-electron chi connectivity index (χ2n) is 13.9. The standard InChI is InChI=1S/C36H45N7O3/c1-40-33-27(18-23(20-31(33)46-2)36(45)43-24-13-15-28(43)25(37)21-24)39-35(40)30-19-22-12-14-26-29-10-9-17-41(29)32(44)11-7-5-3-4-6-8-16-42(30)34(22)38-26/h12,14,18-20,24-25,28-29H,3-11,13,15-17,21,37H2,1-2H3/t24-,25+,28+,29+/m0/s1. The van der Waals surface area contributed by atoms with Gasteiger partial charge in [0, 0.05) is 55.6 Å². The van der Waals surface area contributed by atoms with Gasteiger partial charge in [0.1, 0.15) is 16.9 Å². The molecule has 7 heterocycles. The maximum atomic E-state index is 13.8. The Morgan fingerprint density at radius 2 is 1.78 bits per heavy atom. The highest BCUT2D eigenvalue weighted by molar-refractivity contribution is 6.00. The Kier molecular flexibility index (Phi) is 7.50. The molecule has 4 aromatic rings. The van der Waals surface area contributed by atoms with Gasteiger partial charge in [-0.05, 0) is 75.3 Å². The Morgan fingerprint density at radius 1 is 0.957 bits per heavy atom. The SMILES string of the molecule is COc1cc(C(=O)N2[C@H]3CC[C@@H]2[C@H](N)C3)cc2nc(-c3cc4ccc5nc4n3CCCCCCCCC(=O)N3CCC[C@H]53)n(C)c12. The number of aryl methyl sites for hydroxylation is 2. The van der Waals surface area contributed by atoms with E-state index < -0.39 is 0 Å². The van der Waals surface area contributed by atoms with E-state index in [0.29, 0.717) is 17.7 Å². The lowest BCUT2D eigenvalue weighted by atomic mass is 9.97. The summed E-state index contributed by atoms with van der Waals surface area (Å²) < 4.78 is 10.3. The van der Waals surface area contributed by atoms with Crippen molar-refractivity contribution >= 4 is 33.9 Å². The molecule has 3 aromatic heterocycles. The summed E-state index contributed by atoms with van der Waals surface area (Å²) in [5.74, 6) is 1.73. The van der Waals surface area contributed by atoms with Crippen molar-refractivity contribution in [3.05, 3.63) is 41.6 Å². The maximum absolute atomic E-state index is 13.8. The van der Waals surface area contributed by atoms with Crippen molar-refractivity contribution in [1.29, 1.82) is 0 Å². The Labute approximate surface area is 269 Å². The molecule has 0 aliphatic carbocycles. The smallest absolute Gasteiger partial charge is 0.254 e. The predicted molar refractivity (Wildman–Crippen MR) is 178 cm³/mol. The lowest BCUT2D eigenvalue weighted by molar-refractivity contribution is -0.132. The van der Waals surface area contributed by atoms with Gasteiger partial charge in [-0.2, -0.15) is 0 Å². The molecular formula is C36H45N7O3. The quantitative estimate of drug-likeness (QED) is 0.313. The van der Waals surface area contributed by atoms with Gasteiger partial charge in [0.05, 0.1) is 30.1 Å². The number of methoxy groups -OCH3 is 1. The number of fused-ring (bicyclic) bond motifs is 6. The van der Waals surface area contributed by atoms with Crippen LogP contribution >= 0.6 is 0 Å². The van der Waals surface area contributed by atoms with E-state index in [4.69, 9.17) is 20.4 Å². The third-order valence-corrected chi connectivity index (χ3v) is 11.2. The maximum Gasteiger partial charge on any atom is 0.254 e. The highest BCUT2D eigenvalue weighted by Gasteiger charge is 2.47. The molecule has 4 aliphatic rings. The number of carbonyl (C=O) groups excluding carboxylic acids is 2. The van der Waals surface area contributed by atoms with Crippen LogP contribution in [0.1, 0.15) is 99.1 Å². The van der Waals surface area contributed by atoms with Crippen molar-refractivity contribution in [2.24, 2.45) is 12.8 Å². The highest BCUT2D eigenvalue weighted by Crippen LogP contribution is 2.40. The largest absolute Gasteiger partial charge is 0.494 e. The van der Waals surface area contributed by atoms with E-state index in [9.17, 15) is 9.59 Å². The molecule has 3 fully saturated rings. The Morgan fingerprint density at radius 3 is 2.57 bits per heavy atom. The summed E-state index contributed by atoms with van der Waals surface area (Å²) in [7, 11) is 3.68. The van der Waals surface area contributed by atoms with E-state index in [1.54, 1.807) is 7.11 Å². The molecule has 4 atom stereocenters. The van der Waals surface area contributed by atoms with Crippen LogP contribution in [-0.2, 0) is 18.4 Å². The van der Waals surface area contributed by atoms with Crippen LogP contribution in [0.2, 0.25) is 0 Å². The zero-order valence-electron chi connectivity index (χ0n) is 27.1. The number of ether oxygens (including phenoxy) is 1. The van der Waals surface area contributed by atoms with E-state index in [1.165, 1.54) is 0 Å². The lowest BCUT2D eigenvalue weighted by Crippen LogP contribution is -2.40. The number of rotatable bonds is 3. The van der Waals surface area contributed by atoms with Crippen LogP contribution in [0.5, 0.6) is 5.75 Å². The van der Waals surface area contributed by atoms with Crippen molar-refractivity contribution in [1.82, 2.24) is 28.9 Å². The first-order valence-electron chi connectivity index (χ1n) is 17.4. The number of hydrogen-bond acceptors (Lipinski definition) is 6. The van der Waals surface area contributed by atoms with Gasteiger partial charge < -0.3 is 29.4 Å². The summed E-state index contributed by atoms with van der Waals surface area (Å²) in [4.78, 5) is 41.6. The summed E-state index contributed by atoms with van der Waals surface area (Å²) in [6.45, 7) is 1.65. The molecule has 2 amide bonds. The fourth-order valence-corrected chi connectivity index (χ4v) is 8.83. The summed E-state index contributed by atoms with van der Waals surface area (Å²) in [5, 5.41) is 1.06. The zero-order valence-corrected chi connectivity index (χ0v) is 27.1. The molecule has 0 spiro atoms. The molecule has 10 nitrogen and oxygen atoms in total. The molecular weight excluding hydrogens is 578 g/mol. The summed E-state index contributed by atoms with van der Waals surface area (Å²) in [5.41, 5.74) is 11.5. The van der Waals surface area contributed by atoms with E-state index in [2.05, 4.69) is 32.2 Å². The van der Waals surface area contributed by atoms with Crippen molar-refractivity contribution in [2.75, 3.05) is 13.7 Å². The summed E-state index contributed by atoms with van der Waals surface area (Å²) in [6.07, 6.45) is 12.0. The molecule has 3 saturated heterocycles. The topological polar surface area (TPSA) is 112 Å². The molecule has 8 rings (SSSR count). The average molecular weight is 624 g/mol. The first kappa shape index (κ1) is 29.5. The summed E-state index contributed by atoms with van der Waals surface area (Å²) in [6, 6.07) is 10.7. The minimum absolute atomic E-state index is 0.0158. The number of hydrogen-bond donors (Lipinski definition) is 1. The molecule has 0 saturated carbocycles. The molecule has 4 bridgehead atoms. The van der Waals surface area contributed by atoms with Crippen molar-refractivity contribution in [3.63, 3.8) is 0 Å². The molecule has 242 valence electrons. The predicted octanol–water partition coefficient (Wildman–Crippen LogP) is 5.71. The number of imidazole rings is 1. The monoisotopic (exact) mass is 623 g/mol. The third kappa shape index (κ3) is 4.79. The van der Waals surface area contributed by atoms with Gasteiger partial charge in [0.25, 0.3) is 5.91 Å². The minimum Gasteiger partial charge on any atom is -0.494 e. The first-order valence-corrected chi connectivity index (χ1v) is 17.4. The molecule has 10 heteroatoms. The normalized spacial score (nSPS) is 25.4. The van der Waals surface area contributed by atoms with Crippen LogP contribution < -0.4 is 10.5 Å². The molecule has 46 heavy (non-hydrogen) atoms. The molecule has 4 aliphatic heterocycles. The van der Waals surface area contributed by atoms with Crippen molar-refractivity contribution in [3.8, 4) is 17.3 Å². The van der Waals surface area contributed by atoms with Gasteiger partial charge in [-0.3, -0.25) is 9.59 Å². The van der Waals surface area contributed by atoms with E-state index in [0.717, 1.165) is 123 Å². The van der Waals surface area contributed by atoms with Crippen LogP contribution in [0.25, 0.3) is 33.6 Å². The second kappa shape index (κ2) is 11.7. The lowest BCUT2D eigenvalue weighted by Gasteiger charge is -2.24. The van der Waals surface area contributed by atoms with Gasteiger partial charge in [-0.1, -0.05) is 25.7 Å². The third-order valence-electron chi connectivity index (χ3n) is 11.2. The van der Waals surface area contributed by atoms with Gasteiger partial charge in [0.2, 0.25) is 5.91 Å². The number of nitrogens with zero attached hydrogens (tertiary/aromatic N) is 6. The number of aromatic nitrogens is 4. The molecule has 2 N–H and O–H groups in total. The van der Waals surface area contributed by atoms with Crippen molar-refractivity contribution in [2.45, 2.75) is 108 Å². The van der Waals surface area contributed by atoms with Gasteiger partial charge in [0.15, 0.2) is 5.82 Å². The Hall–Kier alpha value is -3.92. The fraction of sp³-hybridized carbons (Fsp3) is 0.556. The zero-order chi connectivity index (χ0) is 31.5. The van der Waals surface area contributed by atoms with Crippen LogP contribution in [-0.4, -0.2) is 72.5 Å². The van der Waals surface area contributed by atoms with E-state index >= 15 is 0 Å². The Balaban J connectivity index is 1.22. The fourth-order valence-electron chi connectivity index (χ4n) is 8.83. The number of benzene rings is 1. The van der Waals surface area contributed by atoms with Gasteiger partial charge >= 0.3 is 0 Å². The molecule has 0 unspecified atom stereocenters. The Bertz CT molecular complexity index is 1830. The van der Waals surface area contributed by atoms with E-state index in [-0.39, 0.29) is 36.0 Å². The van der Waals surface area contributed by atoms with Crippen LogP contribution in [0, 0.1) is 0 Å². The second-order valence-corrected chi connectivity index (χ2v) is 13.9. The van der Waals surface area contributed by atoms with E-state index in [1.807, 2.05) is 24.1 Å². The molecule has 1 aromatic carbocycles. The van der Waals surface area contributed by atoms with Crippen LogP contribution in [0.15, 0.2) is 30.3 Å². The van der Waals surface area contributed by atoms with Gasteiger partial charge in [-0.25, -0.2) is 9.97 Å². The highest BCUT2D eigenvalue weighted by atomic mass is 16.5. The number of carbonyl (C=O) groups is 2. The van der Waals surface area contributed by atoms with Crippen LogP contribution in [0.4, 0.5) is 0 Å². The number of pyridine rings is 1. The summed E-state index contributed by atoms with van der Waals surface area (Å²) >= 11 is 0. The number of amides is 2. The van der Waals surface area contributed by atoms with Crippen molar-refractivity contribution < 1.29 is 14.3 Å². The minimum atomic E-state index is 0.0158. The van der Waals surface area contributed by atoms with Crippen LogP contribution in [0.3, 0.4) is 0 Å². The first-order chi connectivity index (χ1) is 22.4. The number of nitrogens with two attached hydrogens (primary N) is 1. The average Bonchev–Trinajstić information content (AvgIpc) is 3.88.